The summed E-state index contributed by atoms with van der Waals surface area (Å²) in [5.41, 5.74) is 0.893. The second-order valence-corrected chi connectivity index (χ2v) is 10.7. The van der Waals surface area contributed by atoms with Crippen LogP contribution in [0, 0.1) is 5.92 Å². The van der Waals surface area contributed by atoms with E-state index >= 15 is 0 Å². The Kier molecular flexibility index (Phi) is 9.76. The van der Waals surface area contributed by atoms with E-state index in [9.17, 15) is 0 Å². The number of hydrogen-bond donors (Lipinski definition) is 1. The van der Waals surface area contributed by atoms with Crippen molar-refractivity contribution < 1.29 is 9.47 Å². The van der Waals surface area contributed by atoms with Crippen LogP contribution in [0.4, 0.5) is 5.13 Å². The molecule has 1 aromatic heterocycles. The number of benzene rings is 2. The van der Waals surface area contributed by atoms with Crippen molar-refractivity contribution in [2.75, 3.05) is 31.6 Å². The molecule has 3 atom stereocenters. The summed E-state index contributed by atoms with van der Waals surface area (Å²) in [5.74, 6) is 2.34. The van der Waals surface area contributed by atoms with Crippen molar-refractivity contribution in [1.82, 2.24) is 9.88 Å². The van der Waals surface area contributed by atoms with Gasteiger partial charge in [-0.2, -0.15) is 0 Å². The average Bonchev–Trinajstić information content (AvgIpc) is 3.18. The van der Waals surface area contributed by atoms with Gasteiger partial charge in [0.05, 0.1) is 13.8 Å². The van der Waals surface area contributed by atoms with Gasteiger partial charge in [-0.25, -0.2) is 4.98 Å². The molecule has 2 aromatic carbocycles. The summed E-state index contributed by atoms with van der Waals surface area (Å²) in [5, 5.41) is 5.21. The SMILES string of the molecule is Br.Br.Clc1cccc2sc(NCC3CCN(CC4COc5ccccc5O4)C(I)C3)nc12. The third-order valence-corrected chi connectivity index (χ3v) is 8.25. The smallest absolute Gasteiger partial charge is 0.183 e. The lowest BCUT2D eigenvalue weighted by Gasteiger charge is -2.39. The molecule has 10 heteroatoms. The lowest BCUT2D eigenvalue weighted by molar-refractivity contribution is 0.0455. The summed E-state index contributed by atoms with van der Waals surface area (Å²) in [4.78, 5) is 7.18. The van der Waals surface area contributed by atoms with E-state index in [1.165, 1.54) is 6.42 Å². The number of halogens is 4. The maximum absolute atomic E-state index is 6.25. The Bertz CT molecular complexity index is 1040. The fourth-order valence-electron chi connectivity index (χ4n) is 4.06. The molecule has 32 heavy (non-hydrogen) atoms. The van der Waals surface area contributed by atoms with E-state index in [0.717, 1.165) is 52.9 Å². The molecule has 1 saturated heterocycles. The molecule has 5 nitrogen and oxygen atoms in total. The van der Waals surface area contributed by atoms with Gasteiger partial charge in [-0.05, 0) is 49.6 Å². The van der Waals surface area contributed by atoms with Gasteiger partial charge in [-0.1, -0.05) is 63.7 Å². The number of alkyl halides is 1. The molecule has 0 amide bonds. The maximum Gasteiger partial charge on any atom is 0.183 e. The molecule has 0 saturated carbocycles. The van der Waals surface area contributed by atoms with Gasteiger partial charge in [0.1, 0.15) is 18.2 Å². The second-order valence-electron chi connectivity index (χ2n) is 7.80. The van der Waals surface area contributed by atoms with Crippen LogP contribution in [0.5, 0.6) is 11.5 Å². The molecule has 0 spiro atoms. The van der Waals surface area contributed by atoms with Crippen LogP contribution in [-0.2, 0) is 0 Å². The molecular formula is C22H25Br2ClIN3O2S. The summed E-state index contributed by atoms with van der Waals surface area (Å²) in [7, 11) is 0. The first-order valence-corrected chi connectivity index (χ1v) is 12.7. The number of thiazole rings is 1. The number of hydrogen-bond acceptors (Lipinski definition) is 6. The minimum absolute atomic E-state index is 0. The Labute approximate surface area is 231 Å². The highest BCUT2D eigenvalue weighted by Crippen LogP contribution is 2.34. The third kappa shape index (κ3) is 6.02. The van der Waals surface area contributed by atoms with Crippen LogP contribution < -0.4 is 14.8 Å². The van der Waals surface area contributed by atoms with Gasteiger partial charge in [0, 0.05) is 13.1 Å². The Hall–Kier alpha value is -0.330. The molecule has 0 bridgehead atoms. The highest BCUT2D eigenvalue weighted by Gasteiger charge is 2.30. The fraction of sp³-hybridized carbons (Fsp3) is 0.409. The van der Waals surface area contributed by atoms with Gasteiger partial charge in [0.25, 0.3) is 0 Å². The van der Waals surface area contributed by atoms with Crippen LogP contribution >= 0.6 is 79.5 Å². The monoisotopic (exact) mass is 715 g/mol. The topological polar surface area (TPSA) is 46.6 Å². The zero-order chi connectivity index (χ0) is 20.5. The molecule has 0 radical (unpaired) electrons. The largest absolute Gasteiger partial charge is 0.486 e. The second kappa shape index (κ2) is 11.9. The number of aromatic nitrogens is 1. The molecule has 2 aliphatic heterocycles. The minimum atomic E-state index is 0. The van der Waals surface area contributed by atoms with Crippen LogP contribution in [0.25, 0.3) is 10.2 Å². The van der Waals surface area contributed by atoms with Crippen molar-refractivity contribution in [3.8, 4) is 11.5 Å². The quantitative estimate of drug-likeness (QED) is 0.178. The summed E-state index contributed by atoms with van der Waals surface area (Å²) >= 11 is 10.5. The number of likely N-dealkylation sites (tertiary alicyclic amines) is 1. The van der Waals surface area contributed by atoms with E-state index in [1.807, 2.05) is 36.4 Å². The molecule has 1 fully saturated rings. The summed E-state index contributed by atoms with van der Waals surface area (Å²) < 4.78 is 13.7. The van der Waals surface area contributed by atoms with Crippen molar-refractivity contribution in [3.63, 3.8) is 0 Å². The molecule has 2 aliphatic rings. The van der Waals surface area contributed by atoms with Crippen LogP contribution in [-0.4, -0.2) is 46.3 Å². The van der Waals surface area contributed by atoms with Crippen molar-refractivity contribution in [2.45, 2.75) is 23.0 Å². The van der Waals surface area contributed by atoms with E-state index in [2.05, 4.69) is 43.9 Å². The molecule has 5 rings (SSSR count). The van der Waals surface area contributed by atoms with E-state index in [1.54, 1.807) is 11.3 Å². The lowest BCUT2D eigenvalue weighted by atomic mass is 9.96. The molecule has 1 N–H and O–H groups in total. The van der Waals surface area contributed by atoms with E-state index in [-0.39, 0.29) is 40.1 Å². The van der Waals surface area contributed by atoms with Crippen molar-refractivity contribution in [2.24, 2.45) is 5.92 Å². The standard InChI is InChI=1S/C22H23ClIN3O2S.2BrH/c23-16-4-3-7-19-21(16)26-22(30-19)25-11-14-8-9-27(20(24)10-14)12-15-13-28-17-5-1-2-6-18(17)29-15;;/h1-7,14-15,20H,8-13H2,(H,25,26);2*1H. The number of rotatable bonds is 5. The Morgan fingerprint density at radius 3 is 2.75 bits per heavy atom. The number of fused-ring (bicyclic) bond motifs is 2. The number of piperidine rings is 1. The van der Waals surface area contributed by atoms with Gasteiger partial charge in [-0.15, -0.1) is 34.0 Å². The molecule has 3 unspecified atom stereocenters. The highest BCUT2D eigenvalue weighted by molar-refractivity contribution is 14.1. The Morgan fingerprint density at radius 2 is 1.97 bits per heavy atom. The predicted octanol–water partition coefficient (Wildman–Crippen LogP) is 6.83. The molecule has 3 aromatic rings. The lowest BCUT2D eigenvalue weighted by Crippen LogP contribution is -2.47. The number of para-hydroxylation sites is 3. The third-order valence-electron chi connectivity index (χ3n) is 5.67. The van der Waals surface area contributed by atoms with Gasteiger partial charge in [0.15, 0.2) is 16.6 Å². The summed E-state index contributed by atoms with van der Waals surface area (Å²) in [6.45, 7) is 3.54. The van der Waals surface area contributed by atoms with E-state index < -0.39 is 0 Å². The normalized spacial score (nSPS) is 22.6. The van der Waals surface area contributed by atoms with Crippen LogP contribution in [0.2, 0.25) is 5.02 Å². The van der Waals surface area contributed by atoms with Crippen molar-refractivity contribution in [1.29, 1.82) is 0 Å². The number of anilines is 1. The Morgan fingerprint density at radius 1 is 1.16 bits per heavy atom. The molecular weight excluding hydrogens is 692 g/mol. The maximum atomic E-state index is 6.25. The van der Waals surface area contributed by atoms with Gasteiger partial charge >= 0.3 is 0 Å². The average molecular weight is 718 g/mol. The molecule has 174 valence electrons. The number of nitrogens with one attached hydrogen (secondary N) is 1. The summed E-state index contributed by atoms with van der Waals surface area (Å²) in [6.07, 6.45) is 2.41. The van der Waals surface area contributed by atoms with Crippen LogP contribution in [0.1, 0.15) is 12.8 Å². The van der Waals surface area contributed by atoms with Crippen LogP contribution in [0.3, 0.4) is 0 Å². The van der Waals surface area contributed by atoms with E-state index in [4.69, 9.17) is 21.1 Å². The number of ether oxygens (including phenoxy) is 2. The van der Waals surface area contributed by atoms with Crippen molar-refractivity contribution in [3.05, 3.63) is 47.5 Å². The zero-order valence-corrected chi connectivity index (χ0v) is 24.4. The van der Waals surface area contributed by atoms with Gasteiger partial charge in [0.2, 0.25) is 0 Å². The van der Waals surface area contributed by atoms with Crippen molar-refractivity contribution >= 4 is 94.8 Å². The molecule has 3 heterocycles. The predicted molar refractivity (Wildman–Crippen MR) is 152 cm³/mol. The van der Waals surface area contributed by atoms with Gasteiger partial charge in [-0.3, -0.25) is 4.90 Å². The minimum Gasteiger partial charge on any atom is -0.486 e. The van der Waals surface area contributed by atoms with E-state index in [0.29, 0.717) is 21.6 Å². The molecule has 0 aliphatic carbocycles. The first kappa shape index (κ1) is 26.3. The van der Waals surface area contributed by atoms with Gasteiger partial charge < -0.3 is 14.8 Å². The first-order valence-electron chi connectivity index (χ1n) is 10.2. The fourth-order valence-corrected chi connectivity index (χ4v) is 6.46. The summed E-state index contributed by atoms with van der Waals surface area (Å²) in [6, 6.07) is 13.8. The zero-order valence-electron chi connectivity index (χ0n) is 17.2. The number of nitrogens with zero attached hydrogens (tertiary/aromatic N) is 2. The van der Waals surface area contributed by atoms with Crippen LogP contribution in [0.15, 0.2) is 42.5 Å². The Balaban J connectivity index is 0.00000144. The highest BCUT2D eigenvalue weighted by atomic mass is 127. The first-order chi connectivity index (χ1) is 14.7.